The van der Waals surface area contributed by atoms with Crippen LogP contribution in [0.5, 0.6) is 0 Å². The molecule has 3 heteroatoms. The molecule has 0 radical (unpaired) electrons. The highest BCUT2D eigenvalue weighted by molar-refractivity contribution is 5.32. The van der Waals surface area contributed by atoms with Gasteiger partial charge in [-0.15, -0.1) is 6.42 Å². The summed E-state index contributed by atoms with van der Waals surface area (Å²) in [6, 6.07) is 0. The lowest BCUT2D eigenvalue weighted by Crippen LogP contribution is -2.35. The number of rotatable bonds is 2. The van der Waals surface area contributed by atoms with Gasteiger partial charge in [0, 0.05) is 0 Å². The maximum absolute atomic E-state index is 8.36. The minimum Gasteiger partial charge on any atom is -0.483 e. The van der Waals surface area contributed by atoms with E-state index in [-0.39, 0.29) is 12.0 Å². The van der Waals surface area contributed by atoms with E-state index in [1.165, 1.54) is 0 Å². The van der Waals surface area contributed by atoms with Crippen molar-refractivity contribution < 1.29 is 9.90 Å². The molecule has 0 aliphatic rings. The summed E-state index contributed by atoms with van der Waals surface area (Å²) in [5, 5.41) is 6.89. The maximum Gasteiger partial charge on any atom is 0.290 e. The van der Waals surface area contributed by atoms with Gasteiger partial charge in [0.25, 0.3) is 6.47 Å². The van der Waals surface area contributed by atoms with Crippen LogP contribution >= 0.6 is 0 Å². The van der Waals surface area contributed by atoms with E-state index in [9.17, 15) is 0 Å². The van der Waals surface area contributed by atoms with Crippen LogP contribution < -0.4 is 5.73 Å². The highest BCUT2D eigenvalue weighted by Crippen LogP contribution is 2.07. The molecule has 0 amide bonds. The van der Waals surface area contributed by atoms with Gasteiger partial charge >= 0.3 is 0 Å². The summed E-state index contributed by atoms with van der Waals surface area (Å²) in [6.45, 7) is 3.76. The highest BCUT2D eigenvalue weighted by Gasteiger charge is 2.14. The van der Waals surface area contributed by atoms with Gasteiger partial charge in [-0.25, -0.2) is 0 Å². The molecule has 0 unspecified atom stereocenters. The minimum absolute atomic E-state index is 0.250. The Bertz CT molecular complexity index is 134. The molecule has 0 spiro atoms. The summed E-state index contributed by atoms with van der Waals surface area (Å²) < 4.78 is 0. The van der Waals surface area contributed by atoms with Crippen molar-refractivity contribution in [1.82, 2.24) is 0 Å². The monoisotopic (exact) mass is 157 g/mol. The smallest absolute Gasteiger partial charge is 0.290 e. The van der Waals surface area contributed by atoms with E-state index in [1.807, 2.05) is 13.8 Å². The molecular formula is C8H15NO2. The van der Waals surface area contributed by atoms with Crippen molar-refractivity contribution in [2.45, 2.75) is 32.2 Å². The summed E-state index contributed by atoms with van der Waals surface area (Å²) in [5.41, 5.74) is 5.31. The van der Waals surface area contributed by atoms with Gasteiger partial charge < -0.3 is 10.8 Å². The van der Waals surface area contributed by atoms with Gasteiger partial charge in [0.05, 0.1) is 5.54 Å². The fourth-order valence-corrected chi connectivity index (χ4v) is 0.454. The first-order valence-corrected chi connectivity index (χ1v) is 3.44. The molecule has 0 aromatic heterocycles. The molecular weight excluding hydrogens is 142 g/mol. The average molecular weight is 157 g/mol. The van der Waals surface area contributed by atoms with Crippen LogP contribution in [0.15, 0.2) is 0 Å². The van der Waals surface area contributed by atoms with E-state index in [2.05, 4.69) is 5.92 Å². The quantitative estimate of drug-likeness (QED) is 0.461. The van der Waals surface area contributed by atoms with Crippen LogP contribution in [0.25, 0.3) is 0 Å². The standard InChI is InChI=1S/C7H13N.CH2O2/c1-4-7(8,5-2)6-3;2-1-3/h1H,5-6,8H2,2-3H3;1H,(H,2,3). The maximum atomic E-state index is 8.36. The summed E-state index contributed by atoms with van der Waals surface area (Å²) in [6.07, 6.45) is 6.88. The lowest BCUT2D eigenvalue weighted by Gasteiger charge is -2.17. The van der Waals surface area contributed by atoms with Crippen molar-refractivity contribution in [3.05, 3.63) is 0 Å². The lowest BCUT2D eigenvalue weighted by atomic mass is 9.96. The van der Waals surface area contributed by atoms with Gasteiger partial charge in [-0.05, 0) is 12.8 Å². The van der Waals surface area contributed by atoms with Crippen molar-refractivity contribution in [2.24, 2.45) is 5.73 Å². The third-order valence-corrected chi connectivity index (χ3v) is 1.55. The molecule has 0 saturated carbocycles. The second-order valence-corrected chi connectivity index (χ2v) is 2.11. The Morgan fingerprint density at radius 2 is 1.91 bits per heavy atom. The SMILES string of the molecule is C#CC(N)(CC)CC.O=CO. The number of terminal acetylenes is 1. The van der Waals surface area contributed by atoms with Crippen LogP contribution in [-0.4, -0.2) is 17.1 Å². The first-order valence-electron chi connectivity index (χ1n) is 3.44. The highest BCUT2D eigenvalue weighted by atomic mass is 16.3. The molecule has 0 saturated heterocycles. The van der Waals surface area contributed by atoms with Crippen molar-refractivity contribution in [2.75, 3.05) is 0 Å². The molecule has 0 aromatic rings. The zero-order chi connectivity index (χ0) is 9.33. The minimum atomic E-state index is -0.347. The first-order chi connectivity index (χ1) is 5.10. The molecule has 11 heavy (non-hydrogen) atoms. The van der Waals surface area contributed by atoms with Crippen molar-refractivity contribution in [1.29, 1.82) is 0 Å². The van der Waals surface area contributed by atoms with Gasteiger partial charge in [0.1, 0.15) is 0 Å². The normalized spacial score (nSPS) is 8.91. The predicted octanol–water partition coefficient (Wildman–Crippen LogP) is 0.838. The third kappa shape index (κ3) is 6.88. The van der Waals surface area contributed by atoms with Crippen molar-refractivity contribution in [3.63, 3.8) is 0 Å². The van der Waals surface area contributed by atoms with E-state index in [1.54, 1.807) is 0 Å². The van der Waals surface area contributed by atoms with Crippen LogP contribution in [0.2, 0.25) is 0 Å². The topological polar surface area (TPSA) is 63.3 Å². The largest absolute Gasteiger partial charge is 0.483 e. The molecule has 3 nitrogen and oxygen atoms in total. The summed E-state index contributed by atoms with van der Waals surface area (Å²) in [5.74, 6) is 2.56. The molecule has 64 valence electrons. The fraction of sp³-hybridized carbons (Fsp3) is 0.625. The van der Waals surface area contributed by atoms with Gasteiger partial charge in [-0.3, -0.25) is 4.79 Å². The lowest BCUT2D eigenvalue weighted by molar-refractivity contribution is -0.122. The molecule has 0 aliphatic heterocycles. The third-order valence-electron chi connectivity index (χ3n) is 1.55. The average Bonchev–Trinajstić information content (AvgIpc) is 2.05. The molecule has 0 rings (SSSR count). The number of carboxylic acid groups (broad SMARTS) is 1. The number of hydrogen-bond donors (Lipinski definition) is 2. The van der Waals surface area contributed by atoms with E-state index >= 15 is 0 Å². The molecule has 3 N–H and O–H groups in total. The van der Waals surface area contributed by atoms with Crippen LogP contribution in [0, 0.1) is 12.3 Å². The zero-order valence-electron chi connectivity index (χ0n) is 7.00. The second kappa shape index (κ2) is 7.10. The van der Waals surface area contributed by atoms with Gasteiger partial charge in [-0.1, -0.05) is 19.8 Å². The summed E-state index contributed by atoms with van der Waals surface area (Å²) in [4.78, 5) is 8.36. The van der Waals surface area contributed by atoms with Crippen LogP contribution in [0.3, 0.4) is 0 Å². The zero-order valence-corrected chi connectivity index (χ0v) is 7.00. The van der Waals surface area contributed by atoms with Gasteiger partial charge in [-0.2, -0.15) is 0 Å². The van der Waals surface area contributed by atoms with Gasteiger partial charge in [0.15, 0.2) is 0 Å². The Morgan fingerprint density at radius 1 is 1.64 bits per heavy atom. The Balaban J connectivity index is 0. The molecule has 0 heterocycles. The molecule has 0 aliphatic carbocycles. The number of nitrogens with two attached hydrogens (primary N) is 1. The Kier molecular flexibility index (Phi) is 8.16. The van der Waals surface area contributed by atoms with Crippen molar-refractivity contribution in [3.8, 4) is 12.3 Å². The first kappa shape index (κ1) is 12.6. The number of hydrogen-bond acceptors (Lipinski definition) is 2. The van der Waals surface area contributed by atoms with E-state index in [0.29, 0.717) is 0 Å². The Hall–Kier alpha value is -1.01. The Morgan fingerprint density at radius 3 is 1.91 bits per heavy atom. The number of carbonyl (C=O) groups is 1. The van der Waals surface area contributed by atoms with Gasteiger partial charge in [0.2, 0.25) is 0 Å². The predicted molar refractivity (Wildman–Crippen MR) is 45.0 cm³/mol. The Labute approximate surface area is 67.6 Å². The van der Waals surface area contributed by atoms with Crippen molar-refractivity contribution >= 4 is 6.47 Å². The summed E-state index contributed by atoms with van der Waals surface area (Å²) in [7, 11) is 0. The van der Waals surface area contributed by atoms with E-state index in [4.69, 9.17) is 22.1 Å². The molecule has 0 atom stereocenters. The molecule has 0 fully saturated rings. The van der Waals surface area contributed by atoms with E-state index in [0.717, 1.165) is 12.8 Å². The van der Waals surface area contributed by atoms with E-state index < -0.39 is 0 Å². The van der Waals surface area contributed by atoms with Crippen LogP contribution in [0.1, 0.15) is 26.7 Å². The molecule has 0 bridgehead atoms. The van der Waals surface area contributed by atoms with Crippen LogP contribution in [0.4, 0.5) is 0 Å². The molecule has 0 aromatic carbocycles. The summed E-state index contributed by atoms with van der Waals surface area (Å²) >= 11 is 0. The fourth-order valence-electron chi connectivity index (χ4n) is 0.454. The van der Waals surface area contributed by atoms with Crippen LogP contribution in [-0.2, 0) is 4.79 Å². The second-order valence-electron chi connectivity index (χ2n) is 2.11.